The smallest absolute Gasteiger partial charge is 0.227 e. The SMILES string of the molecule is O=C1[C@@H]2[C@H](c3ccccc3)c3ccc(Cl)cc3[C@@H]3CCC[C@@H]([C@H]23)N1Cc1ccccc1. The Morgan fingerprint density at radius 1 is 0.871 bits per heavy atom. The molecular weight excluding hydrogens is 402 g/mol. The number of nitrogens with zero attached hydrogens (tertiary/aromatic N) is 1. The molecule has 3 aliphatic rings. The summed E-state index contributed by atoms with van der Waals surface area (Å²) < 4.78 is 0. The average molecular weight is 428 g/mol. The van der Waals surface area contributed by atoms with E-state index in [1.165, 1.54) is 28.7 Å². The number of fused-ring (bicyclic) bond motifs is 2. The van der Waals surface area contributed by atoms with Crippen molar-refractivity contribution in [1.82, 2.24) is 4.90 Å². The fourth-order valence-electron chi connectivity index (χ4n) is 6.67. The van der Waals surface area contributed by atoms with Crippen LogP contribution in [0.3, 0.4) is 0 Å². The number of carbonyl (C=O) groups excluding carboxylic acids is 1. The lowest BCUT2D eigenvalue weighted by atomic mass is 9.58. The van der Waals surface area contributed by atoms with Crippen LogP contribution < -0.4 is 0 Å². The Bertz CT molecular complexity index is 1110. The van der Waals surface area contributed by atoms with Crippen molar-refractivity contribution in [2.24, 2.45) is 11.8 Å². The first-order valence-electron chi connectivity index (χ1n) is 11.4. The summed E-state index contributed by atoms with van der Waals surface area (Å²) >= 11 is 6.48. The van der Waals surface area contributed by atoms with Crippen LogP contribution in [-0.2, 0) is 11.3 Å². The van der Waals surface area contributed by atoms with Crippen molar-refractivity contribution in [1.29, 1.82) is 0 Å². The predicted octanol–water partition coefficient (Wildman–Crippen LogP) is 6.40. The van der Waals surface area contributed by atoms with Crippen LogP contribution in [0.1, 0.15) is 53.4 Å². The molecule has 0 N–H and O–H groups in total. The number of likely N-dealkylation sites (tertiary alicyclic amines) is 1. The number of benzene rings is 3. The Morgan fingerprint density at radius 3 is 2.39 bits per heavy atom. The summed E-state index contributed by atoms with van der Waals surface area (Å²) in [6.07, 6.45) is 3.42. The first-order chi connectivity index (χ1) is 15.2. The van der Waals surface area contributed by atoms with Gasteiger partial charge >= 0.3 is 0 Å². The van der Waals surface area contributed by atoms with Crippen molar-refractivity contribution >= 4 is 17.5 Å². The minimum Gasteiger partial charge on any atom is -0.335 e. The molecule has 6 rings (SSSR count). The minimum absolute atomic E-state index is 0.00934. The van der Waals surface area contributed by atoms with E-state index in [-0.39, 0.29) is 11.8 Å². The predicted molar refractivity (Wildman–Crippen MR) is 124 cm³/mol. The van der Waals surface area contributed by atoms with E-state index in [0.717, 1.165) is 17.9 Å². The summed E-state index contributed by atoms with van der Waals surface area (Å²) in [5.74, 6) is 1.22. The molecule has 0 bridgehead atoms. The molecule has 0 aromatic heterocycles. The zero-order valence-electron chi connectivity index (χ0n) is 17.5. The van der Waals surface area contributed by atoms with Crippen LogP contribution in [-0.4, -0.2) is 16.8 Å². The maximum Gasteiger partial charge on any atom is 0.227 e. The van der Waals surface area contributed by atoms with E-state index >= 15 is 0 Å². The van der Waals surface area contributed by atoms with Gasteiger partial charge in [0.2, 0.25) is 5.91 Å². The summed E-state index contributed by atoms with van der Waals surface area (Å²) in [6.45, 7) is 0.711. The van der Waals surface area contributed by atoms with Gasteiger partial charge in [0.15, 0.2) is 0 Å². The molecule has 2 fully saturated rings. The van der Waals surface area contributed by atoms with Crippen molar-refractivity contribution in [2.75, 3.05) is 0 Å². The maximum atomic E-state index is 14.0. The molecule has 1 saturated heterocycles. The summed E-state index contributed by atoms with van der Waals surface area (Å²) in [5.41, 5.74) is 5.14. The molecule has 2 nitrogen and oxygen atoms in total. The van der Waals surface area contributed by atoms with Gasteiger partial charge in [0, 0.05) is 23.5 Å². The van der Waals surface area contributed by atoms with Crippen LogP contribution in [0.25, 0.3) is 0 Å². The van der Waals surface area contributed by atoms with E-state index in [0.29, 0.717) is 30.3 Å². The second-order valence-electron chi connectivity index (χ2n) is 9.32. The number of halogens is 1. The normalized spacial score (nSPS) is 28.9. The van der Waals surface area contributed by atoms with Crippen LogP contribution in [0.4, 0.5) is 0 Å². The third-order valence-corrected chi connectivity index (χ3v) is 8.04. The molecule has 3 aromatic carbocycles. The van der Waals surface area contributed by atoms with Gasteiger partial charge in [0.1, 0.15) is 0 Å². The van der Waals surface area contributed by atoms with Crippen LogP contribution in [0.5, 0.6) is 0 Å². The highest BCUT2D eigenvalue weighted by Gasteiger charge is 2.58. The number of hydrogen-bond donors (Lipinski definition) is 0. The largest absolute Gasteiger partial charge is 0.335 e. The Balaban J connectivity index is 1.50. The molecule has 1 aliphatic heterocycles. The van der Waals surface area contributed by atoms with E-state index in [1.807, 2.05) is 12.1 Å². The van der Waals surface area contributed by atoms with Crippen molar-refractivity contribution in [2.45, 2.75) is 43.7 Å². The third kappa shape index (κ3) is 3.03. The molecule has 0 spiro atoms. The maximum absolute atomic E-state index is 14.0. The first kappa shape index (κ1) is 19.1. The molecular formula is C28H26ClNO. The summed E-state index contributed by atoms with van der Waals surface area (Å²) in [7, 11) is 0. The van der Waals surface area contributed by atoms with Gasteiger partial charge in [-0.25, -0.2) is 0 Å². The van der Waals surface area contributed by atoms with Gasteiger partial charge in [0.25, 0.3) is 0 Å². The van der Waals surface area contributed by atoms with Gasteiger partial charge in [-0.3, -0.25) is 4.79 Å². The summed E-state index contributed by atoms with van der Waals surface area (Å²) in [6, 6.07) is 27.7. The molecule has 31 heavy (non-hydrogen) atoms. The second-order valence-corrected chi connectivity index (χ2v) is 9.76. The Kier molecular flexibility index (Phi) is 4.65. The van der Waals surface area contributed by atoms with Gasteiger partial charge in [-0.1, -0.05) is 84.8 Å². The quantitative estimate of drug-likeness (QED) is 0.473. The third-order valence-electron chi connectivity index (χ3n) is 7.80. The Hall–Kier alpha value is -2.58. The highest BCUT2D eigenvalue weighted by molar-refractivity contribution is 6.30. The molecule has 3 heteroatoms. The second kappa shape index (κ2) is 7.53. The molecule has 3 aromatic rings. The van der Waals surface area contributed by atoms with Gasteiger partial charge in [0.05, 0.1) is 5.92 Å². The highest BCUT2D eigenvalue weighted by atomic mass is 35.5. The van der Waals surface area contributed by atoms with Gasteiger partial charge in [-0.15, -0.1) is 0 Å². The van der Waals surface area contributed by atoms with Gasteiger partial charge in [-0.2, -0.15) is 0 Å². The van der Waals surface area contributed by atoms with Gasteiger partial charge < -0.3 is 4.90 Å². The minimum atomic E-state index is 0.00934. The Labute approximate surface area is 188 Å². The van der Waals surface area contributed by atoms with Crippen molar-refractivity contribution in [3.05, 3.63) is 106 Å². The molecule has 0 unspecified atom stereocenters. The summed E-state index contributed by atoms with van der Waals surface area (Å²) in [5, 5.41) is 0.802. The van der Waals surface area contributed by atoms with Crippen LogP contribution in [0.2, 0.25) is 5.02 Å². The molecule has 5 atom stereocenters. The zero-order valence-corrected chi connectivity index (χ0v) is 18.2. The lowest BCUT2D eigenvalue weighted by molar-refractivity contribution is -0.133. The van der Waals surface area contributed by atoms with Gasteiger partial charge in [-0.05, 0) is 59.1 Å². The number of amides is 1. The monoisotopic (exact) mass is 427 g/mol. The fraction of sp³-hybridized carbons (Fsp3) is 0.321. The first-order valence-corrected chi connectivity index (χ1v) is 11.8. The Morgan fingerprint density at radius 2 is 1.61 bits per heavy atom. The van der Waals surface area contributed by atoms with E-state index in [1.54, 1.807) is 0 Å². The molecule has 0 radical (unpaired) electrons. The lowest BCUT2D eigenvalue weighted by Crippen LogP contribution is -2.40. The van der Waals surface area contributed by atoms with Crippen LogP contribution in [0.15, 0.2) is 78.9 Å². The molecule has 2 aliphatic carbocycles. The highest BCUT2D eigenvalue weighted by Crippen LogP contribution is 2.59. The standard InChI is InChI=1S/C28H26ClNO/c29-20-14-15-22-23(16-20)21-12-7-13-24-26(21)27(25(22)19-10-5-2-6-11-19)28(31)30(24)17-18-8-3-1-4-9-18/h1-6,8-11,14-16,21,24-27H,7,12-13,17H2/t21-,24-,25+,26+,27+/m0/s1. The number of rotatable bonds is 3. The van der Waals surface area contributed by atoms with E-state index < -0.39 is 0 Å². The topological polar surface area (TPSA) is 20.3 Å². The van der Waals surface area contributed by atoms with E-state index in [2.05, 4.69) is 71.6 Å². The lowest BCUT2D eigenvalue weighted by Gasteiger charge is -2.45. The molecule has 1 amide bonds. The van der Waals surface area contributed by atoms with Crippen molar-refractivity contribution in [3.63, 3.8) is 0 Å². The summed E-state index contributed by atoms with van der Waals surface area (Å²) in [4.78, 5) is 16.3. The molecule has 1 heterocycles. The molecule has 156 valence electrons. The average Bonchev–Trinajstić information content (AvgIpc) is 3.08. The van der Waals surface area contributed by atoms with E-state index in [4.69, 9.17) is 11.6 Å². The van der Waals surface area contributed by atoms with Crippen LogP contribution in [0, 0.1) is 11.8 Å². The number of hydrogen-bond acceptors (Lipinski definition) is 1. The van der Waals surface area contributed by atoms with Crippen molar-refractivity contribution in [3.8, 4) is 0 Å². The number of carbonyl (C=O) groups is 1. The van der Waals surface area contributed by atoms with Crippen molar-refractivity contribution < 1.29 is 4.79 Å². The molecule has 1 saturated carbocycles. The van der Waals surface area contributed by atoms with E-state index in [9.17, 15) is 4.79 Å². The van der Waals surface area contributed by atoms with Crippen LogP contribution >= 0.6 is 11.6 Å². The fourth-order valence-corrected chi connectivity index (χ4v) is 6.85. The zero-order chi connectivity index (χ0) is 20.9.